The van der Waals surface area contributed by atoms with Gasteiger partial charge in [-0.2, -0.15) is 0 Å². The second-order valence-corrected chi connectivity index (χ2v) is 7.50. The highest BCUT2D eigenvalue weighted by atomic mass is 32.2. The van der Waals surface area contributed by atoms with E-state index in [9.17, 15) is 13.2 Å². The Labute approximate surface area is 152 Å². The molecule has 1 aliphatic heterocycles. The Morgan fingerprint density at radius 3 is 2.31 bits per heavy atom. The van der Waals surface area contributed by atoms with Crippen molar-refractivity contribution in [1.82, 2.24) is 4.98 Å². The quantitative estimate of drug-likeness (QED) is 0.823. The summed E-state index contributed by atoms with van der Waals surface area (Å²) in [7, 11) is -3.73. The van der Waals surface area contributed by atoms with Crippen molar-refractivity contribution >= 4 is 33.1 Å². The Hall–Kier alpha value is -2.65. The fourth-order valence-electron chi connectivity index (χ4n) is 2.56. The predicted molar refractivity (Wildman–Crippen MR) is 98.8 cm³/mol. The number of nitrogens with one attached hydrogen (secondary N) is 2. The number of aromatic nitrogens is 1. The van der Waals surface area contributed by atoms with Crippen molar-refractivity contribution in [2.45, 2.75) is 11.8 Å². The number of nitrogens with zero attached hydrogens (tertiary/aromatic N) is 2. The van der Waals surface area contributed by atoms with Gasteiger partial charge in [-0.3, -0.25) is 9.52 Å². The zero-order chi connectivity index (χ0) is 18.6. The number of carbonyl (C=O) groups excluding carboxylic acids is 1. The highest BCUT2D eigenvalue weighted by molar-refractivity contribution is 7.92. The normalized spacial score (nSPS) is 14.7. The number of benzene rings is 1. The van der Waals surface area contributed by atoms with Crippen LogP contribution in [0.15, 0.2) is 47.5 Å². The Morgan fingerprint density at radius 1 is 1.08 bits per heavy atom. The van der Waals surface area contributed by atoms with E-state index >= 15 is 0 Å². The van der Waals surface area contributed by atoms with Crippen LogP contribution in [0.4, 0.5) is 17.2 Å². The lowest BCUT2D eigenvalue weighted by molar-refractivity contribution is -0.114. The molecule has 0 unspecified atom stereocenters. The Kier molecular flexibility index (Phi) is 5.38. The van der Waals surface area contributed by atoms with E-state index in [1.807, 2.05) is 0 Å². The molecule has 0 aliphatic carbocycles. The van der Waals surface area contributed by atoms with Crippen LogP contribution in [0.1, 0.15) is 6.92 Å². The van der Waals surface area contributed by atoms with E-state index in [2.05, 4.69) is 19.9 Å². The molecule has 0 bridgehead atoms. The zero-order valence-corrected chi connectivity index (χ0v) is 15.1. The van der Waals surface area contributed by atoms with Gasteiger partial charge >= 0.3 is 0 Å². The number of hydrogen-bond acceptors (Lipinski definition) is 6. The molecular weight excluding hydrogens is 356 g/mol. The number of morpholine rings is 1. The van der Waals surface area contributed by atoms with Crippen molar-refractivity contribution in [3.63, 3.8) is 0 Å². The molecule has 2 N–H and O–H groups in total. The number of rotatable bonds is 5. The van der Waals surface area contributed by atoms with E-state index in [1.54, 1.807) is 12.1 Å². The summed E-state index contributed by atoms with van der Waals surface area (Å²) in [5.41, 5.74) is 0.918. The molecule has 138 valence electrons. The van der Waals surface area contributed by atoms with Gasteiger partial charge in [-0.1, -0.05) is 0 Å². The van der Waals surface area contributed by atoms with E-state index in [1.165, 1.54) is 37.4 Å². The van der Waals surface area contributed by atoms with Gasteiger partial charge in [-0.05, 0) is 36.4 Å². The van der Waals surface area contributed by atoms with E-state index in [-0.39, 0.29) is 10.8 Å². The third kappa shape index (κ3) is 4.50. The van der Waals surface area contributed by atoms with Gasteiger partial charge in [-0.25, -0.2) is 13.4 Å². The molecule has 1 aliphatic rings. The number of sulfonamides is 1. The molecule has 8 nitrogen and oxygen atoms in total. The molecule has 0 atom stereocenters. The average Bonchev–Trinajstić information content (AvgIpc) is 2.63. The van der Waals surface area contributed by atoms with Crippen LogP contribution in [0.2, 0.25) is 0 Å². The monoisotopic (exact) mass is 376 g/mol. The first-order valence-corrected chi connectivity index (χ1v) is 9.61. The fraction of sp³-hybridized carbons (Fsp3) is 0.294. The highest BCUT2D eigenvalue weighted by Gasteiger charge is 2.16. The largest absolute Gasteiger partial charge is 0.378 e. The zero-order valence-electron chi connectivity index (χ0n) is 14.3. The van der Waals surface area contributed by atoms with Crippen LogP contribution in [-0.4, -0.2) is 45.6 Å². The first kappa shape index (κ1) is 18.2. The number of ether oxygens (including phenoxy) is 1. The molecule has 1 amide bonds. The summed E-state index contributed by atoms with van der Waals surface area (Å²) in [5.74, 6) is 0.570. The minimum absolute atomic E-state index is 0.101. The van der Waals surface area contributed by atoms with Crippen molar-refractivity contribution in [2.24, 2.45) is 0 Å². The molecule has 1 saturated heterocycles. The van der Waals surface area contributed by atoms with Gasteiger partial charge in [-0.15, -0.1) is 0 Å². The SMILES string of the molecule is CC(=O)Nc1ccc(S(=O)(=O)Nc2ccc(N3CCOCC3)nc2)cc1. The minimum Gasteiger partial charge on any atom is -0.378 e. The second kappa shape index (κ2) is 7.71. The highest BCUT2D eigenvalue weighted by Crippen LogP contribution is 2.20. The molecule has 0 radical (unpaired) electrons. The number of carbonyl (C=O) groups is 1. The van der Waals surface area contributed by atoms with Gasteiger partial charge in [0.1, 0.15) is 5.82 Å². The summed E-state index contributed by atoms with van der Waals surface area (Å²) in [6.45, 7) is 4.23. The Balaban J connectivity index is 1.69. The first-order chi connectivity index (χ1) is 12.4. The van der Waals surface area contributed by atoms with Crippen LogP contribution >= 0.6 is 0 Å². The van der Waals surface area contributed by atoms with Crippen LogP contribution in [0, 0.1) is 0 Å². The van der Waals surface area contributed by atoms with Crippen LogP contribution in [0.5, 0.6) is 0 Å². The van der Waals surface area contributed by atoms with Gasteiger partial charge in [0.25, 0.3) is 10.0 Å². The molecule has 3 rings (SSSR count). The smallest absolute Gasteiger partial charge is 0.261 e. The lowest BCUT2D eigenvalue weighted by Crippen LogP contribution is -2.36. The van der Waals surface area contributed by atoms with Gasteiger partial charge in [0, 0.05) is 25.7 Å². The van der Waals surface area contributed by atoms with E-state index < -0.39 is 10.0 Å². The first-order valence-electron chi connectivity index (χ1n) is 8.13. The molecule has 2 heterocycles. The van der Waals surface area contributed by atoms with Gasteiger partial charge in [0.15, 0.2) is 0 Å². The molecule has 1 aromatic heterocycles. The summed E-state index contributed by atoms with van der Waals surface area (Å²) in [6, 6.07) is 9.40. The lowest BCUT2D eigenvalue weighted by atomic mass is 10.3. The maximum absolute atomic E-state index is 12.5. The van der Waals surface area contributed by atoms with Crippen molar-refractivity contribution < 1.29 is 17.9 Å². The van der Waals surface area contributed by atoms with Crippen molar-refractivity contribution in [2.75, 3.05) is 41.2 Å². The minimum atomic E-state index is -3.73. The maximum atomic E-state index is 12.5. The number of pyridine rings is 1. The second-order valence-electron chi connectivity index (χ2n) is 5.82. The van der Waals surface area contributed by atoms with Crippen molar-refractivity contribution in [3.05, 3.63) is 42.6 Å². The lowest BCUT2D eigenvalue weighted by Gasteiger charge is -2.27. The van der Waals surface area contributed by atoms with E-state index in [0.717, 1.165) is 18.9 Å². The molecule has 1 fully saturated rings. The van der Waals surface area contributed by atoms with E-state index in [0.29, 0.717) is 24.6 Å². The Morgan fingerprint density at radius 2 is 1.73 bits per heavy atom. The maximum Gasteiger partial charge on any atom is 0.261 e. The summed E-state index contributed by atoms with van der Waals surface area (Å²) in [6.07, 6.45) is 1.49. The molecule has 9 heteroatoms. The fourth-order valence-corrected chi connectivity index (χ4v) is 3.60. The molecule has 1 aromatic carbocycles. The molecule has 0 spiro atoms. The van der Waals surface area contributed by atoms with Crippen LogP contribution in [-0.2, 0) is 19.6 Å². The standard InChI is InChI=1S/C17H20N4O4S/c1-13(22)19-14-2-5-16(6-3-14)26(23,24)20-15-4-7-17(18-12-15)21-8-10-25-11-9-21/h2-7,12,20H,8-11H2,1H3,(H,19,22). The van der Waals surface area contributed by atoms with Crippen molar-refractivity contribution in [3.8, 4) is 0 Å². The third-order valence-corrected chi connectivity index (χ3v) is 5.22. The summed E-state index contributed by atoms with van der Waals surface area (Å²) < 4.78 is 32.7. The van der Waals surface area contributed by atoms with Crippen molar-refractivity contribution in [1.29, 1.82) is 0 Å². The third-order valence-electron chi connectivity index (χ3n) is 3.82. The molecule has 0 saturated carbocycles. The summed E-state index contributed by atoms with van der Waals surface area (Å²) in [5, 5.41) is 2.59. The van der Waals surface area contributed by atoms with E-state index in [4.69, 9.17) is 4.74 Å². The van der Waals surface area contributed by atoms with Crippen LogP contribution in [0.25, 0.3) is 0 Å². The number of anilines is 3. The molecular formula is C17H20N4O4S. The average molecular weight is 376 g/mol. The number of hydrogen-bond donors (Lipinski definition) is 2. The van der Waals surface area contributed by atoms with Gasteiger partial charge in [0.2, 0.25) is 5.91 Å². The van der Waals surface area contributed by atoms with Crippen LogP contribution < -0.4 is 14.9 Å². The predicted octanol–water partition coefficient (Wildman–Crippen LogP) is 1.68. The summed E-state index contributed by atoms with van der Waals surface area (Å²) in [4.78, 5) is 17.5. The van der Waals surface area contributed by atoms with Crippen LogP contribution in [0.3, 0.4) is 0 Å². The topological polar surface area (TPSA) is 101 Å². The van der Waals surface area contributed by atoms with Gasteiger partial charge in [0.05, 0.1) is 30.0 Å². The molecule has 26 heavy (non-hydrogen) atoms. The summed E-state index contributed by atoms with van der Waals surface area (Å²) >= 11 is 0. The molecule has 2 aromatic rings. The van der Waals surface area contributed by atoms with Gasteiger partial charge < -0.3 is 15.0 Å². The number of amides is 1. The Bertz CT molecular complexity index is 861.